The Hall–Kier alpha value is -1.84. The lowest BCUT2D eigenvalue weighted by Crippen LogP contribution is -2.17. The summed E-state index contributed by atoms with van der Waals surface area (Å²) in [5.74, 6) is -0.319. The van der Waals surface area contributed by atoms with E-state index in [1.807, 2.05) is 12.1 Å². The molecule has 0 radical (unpaired) electrons. The van der Waals surface area contributed by atoms with Crippen molar-refractivity contribution in [2.75, 3.05) is 0 Å². The van der Waals surface area contributed by atoms with E-state index in [1.165, 1.54) is 6.21 Å². The van der Waals surface area contributed by atoms with Gasteiger partial charge in [0.25, 0.3) is 5.91 Å². The van der Waals surface area contributed by atoms with Gasteiger partial charge in [0.2, 0.25) is 0 Å². The average Bonchev–Trinajstić information content (AvgIpc) is 2.38. The topological polar surface area (TPSA) is 41.5 Å². The monoisotopic (exact) mass is 292 g/mol. The molecule has 0 saturated carbocycles. The Morgan fingerprint density at radius 2 is 1.74 bits per heavy atom. The molecule has 2 rings (SSSR count). The van der Waals surface area contributed by atoms with E-state index in [0.29, 0.717) is 15.6 Å². The van der Waals surface area contributed by atoms with Crippen molar-refractivity contribution < 1.29 is 4.79 Å². The first-order valence-electron chi connectivity index (χ1n) is 5.50. The van der Waals surface area contributed by atoms with Crippen LogP contribution in [0.4, 0.5) is 0 Å². The van der Waals surface area contributed by atoms with Gasteiger partial charge in [-0.25, -0.2) is 5.43 Å². The van der Waals surface area contributed by atoms with E-state index in [1.54, 1.807) is 36.4 Å². The maximum absolute atomic E-state index is 11.7. The van der Waals surface area contributed by atoms with E-state index in [4.69, 9.17) is 23.2 Å². The number of carbonyl (C=O) groups excluding carboxylic acids is 1. The minimum Gasteiger partial charge on any atom is -0.267 e. The fourth-order valence-electron chi connectivity index (χ4n) is 1.45. The summed E-state index contributed by atoms with van der Waals surface area (Å²) in [6, 6.07) is 13.8. The predicted octanol–water partition coefficient (Wildman–Crippen LogP) is 3.76. The van der Waals surface area contributed by atoms with Crippen molar-refractivity contribution in [3.8, 4) is 0 Å². The molecule has 1 amide bonds. The molecular weight excluding hydrogens is 283 g/mol. The third-order valence-corrected chi connectivity index (χ3v) is 2.79. The Morgan fingerprint density at radius 1 is 1.05 bits per heavy atom. The van der Waals surface area contributed by atoms with E-state index in [0.717, 1.165) is 5.56 Å². The number of hydrazone groups is 1. The van der Waals surface area contributed by atoms with Crippen molar-refractivity contribution in [3.05, 3.63) is 69.7 Å². The molecule has 0 saturated heterocycles. The fraction of sp³-hybridized carbons (Fsp3) is 0. The summed E-state index contributed by atoms with van der Waals surface area (Å²) in [5.41, 5.74) is 3.68. The van der Waals surface area contributed by atoms with Gasteiger partial charge >= 0.3 is 0 Å². The molecule has 0 fully saturated rings. The lowest BCUT2D eigenvalue weighted by Gasteiger charge is -2.00. The highest BCUT2D eigenvalue weighted by Crippen LogP contribution is 2.10. The normalized spacial score (nSPS) is 10.6. The number of rotatable bonds is 3. The highest BCUT2D eigenvalue weighted by Gasteiger charge is 2.03. The standard InChI is InChI=1S/C14H10Cl2N2O/c15-12-5-1-3-10(7-12)9-17-18-14(19)11-4-2-6-13(16)8-11/h1-9H,(H,18,19)/b17-9+. The van der Waals surface area contributed by atoms with Crippen LogP contribution in [0.5, 0.6) is 0 Å². The van der Waals surface area contributed by atoms with Gasteiger partial charge in [0.1, 0.15) is 0 Å². The summed E-state index contributed by atoms with van der Waals surface area (Å²) < 4.78 is 0. The van der Waals surface area contributed by atoms with Crippen molar-refractivity contribution in [1.29, 1.82) is 0 Å². The molecule has 0 aromatic heterocycles. The van der Waals surface area contributed by atoms with Gasteiger partial charge in [0.05, 0.1) is 6.21 Å². The van der Waals surface area contributed by atoms with Crippen LogP contribution >= 0.6 is 23.2 Å². The first-order chi connectivity index (χ1) is 9.15. The number of amides is 1. The molecule has 3 nitrogen and oxygen atoms in total. The Morgan fingerprint density at radius 3 is 2.42 bits per heavy atom. The number of nitrogens with one attached hydrogen (secondary N) is 1. The number of halogens is 2. The lowest BCUT2D eigenvalue weighted by atomic mass is 10.2. The van der Waals surface area contributed by atoms with Crippen LogP contribution in [0.3, 0.4) is 0 Å². The van der Waals surface area contributed by atoms with Crippen LogP contribution < -0.4 is 5.43 Å². The molecule has 0 aliphatic rings. The first-order valence-corrected chi connectivity index (χ1v) is 6.25. The second-order valence-electron chi connectivity index (χ2n) is 3.76. The molecule has 5 heteroatoms. The van der Waals surface area contributed by atoms with Gasteiger partial charge in [-0.05, 0) is 35.9 Å². The average molecular weight is 293 g/mol. The number of carbonyl (C=O) groups is 1. The summed E-state index contributed by atoms with van der Waals surface area (Å²) in [7, 11) is 0. The third kappa shape index (κ3) is 4.09. The first kappa shape index (κ1) is 13.6. The number of benzene rings is 2. The van der Waals surface area contributed by atoms with E-state index < -0.39 is 0 Å². The van der Waals surface area contributed by atoms with Gasteiger partial charge in [0, 0.05) is 15.6 Å². The third-order valence-electron chi connectivity index (χ3n) is 2.32. The summed E-state index contributed by atoms with van der Waals surface area (Å²) in [5, 5.41) is 4.98. The molecule has 2 aromatic carbocycles. The molecule has 0 unspecified atom stereocenters. The molecular formula is C14H10Cl2N2O. The highest BCUT2D eigenvalue weighted by molar-refractivity contribution is 6.31. The fourth-order valence-corrected chi connectivity index (χ4v) is 1.84. The molecule has 0 atom stereocenters. The summed E-state index contributed by atoms with van der Waals surface area (Å²) in [6.07, 6.45) is 1.52. The summed E-state index contributed by atoms with van der Waals surface area (Å²) in [6.45, 7) is 0. The van der Waals surface area contributed by atoms with Crippen LogP contribution in [-0.4, -0.2) is 12.1 Å². The van der Waals surface area contributed by atoms with E-state index in [2.05, 4.69) is 10.5 Å². The van der Waals surface area contributed by atoms with Crippen LogP contribution in [0.2, 0.25) is 10.0 Å². The van der Waals surface area contributed by atoms with Crippen molar-refractivity contribution in [1.82, 2.24) is 5.43 Å². The number of hydrogen-bond acceptors (Lipinski definition) is 2. The van der Waals surface area contributed by atoms with Crippen LogP contribution in [0, 0.1) is 0 Å². The van der Waals surface area contributed by atoms with Gasteiger partial charge in [-0.1, -0.05) is 41.4 Å². The highest BCUT2D eigenvalue weighted by atomic mass is 35.5. The second-order valence-corrected chi connectivity index (χ2v) is 4.64. The predicted molar refractivity (Wildman–Crippen MR) is 78.0 cm³/mol. The zero-order chi connectivity index (χ0) is 13.7. The Bertz CT molecular complexity index is 626. The maximum Gasteiger partial charge on any atom is 0.271 e. The molecule has 0 aliphatic heterocycles. The Labute approximate surface area is 120 Å². The molecule has 19 heavy (non-hydrogen) atoms. The molecule has 0 spiro atoms. The second kappa shape index (κ2) is 6.36. The molecule has 0 bridgehead atoms. The van der Waals surface area contributed by atoms with Gasteiger partial charge in [-0.2, -0.15) is 5.10 Å². The molecule has 0 aliphatic carbocycles. The maximum atomic E-state index is 11.7. The quantitative estimate of drug-likeness (QED) is 0.679. The van der Waals surface area contributed by atoms with Crippen molar-refractivity contribution in [3.63, 3.8) is 0 Å². The molecule has 2 aromatic rings. The van der Waals surface area contributed by atoms with E-state index >= 15 is 0 Å². The van der Waals surface area contributed by atoms with Gasteiger partial charge in [-0.3, -0.25) is 4.79 Å². The van der Waals surface area contributed by atoms with Crippen LogP contribution in [0.25, 0.3) is 0 Å². The lowest BCUT2D eigenvalue weighted by molar-refractivity contribution is 0.0955. The van der Waals surface area contributed by atoms with Gasteiger partial charge in [-0.15, -0.1) is 0 Å². The van der Waals surface area contributed by atoms with E-state index in [9.17, 15) is 4.79 Å². The Kier molecular flexibility index (Phi) is 4.55. The zero-order valence-electron chi connectivity index (χ0n) is 9.81. The van der Waals surface area contributed by atoms with Crippen molar-refractivity contribution >= 4 is 35.3 Å². The van der Waals surface area contributed by atoms with Gasteiger partial charge < -0.3 is 0 Å². The largest absolute Gasteiger partial charge is 0.271 e. The molecule has 96 valence electrons. The van der Waals surface area contributed by atoms with E-state index in [-0.39, 0.29) is 5.91 Å². The van der Waals surface area contributed by atoms with Crippen molar-refractivity contribution in [2.24, 2.45) is 5.10 Å². The molecule has 0 heterocycles. The number of hydrogen-bond donors (Lipinski definition) is 1. The van der Waals surface area contributed by atoms with Crippen LogP contribution in [0.15, 0.2) is 53.6 Å². The smallest absolute Gasteiger partial charge is 0.267 e. The summed E-state index contributed by atoms with van der Waals surface area (Å²) >= 11 is 11.6. The minimum absolute atomic E-state index is 0.319. The number of nitrogens with zero attached hydrogens (tertiary/aromatic N) is 1. The van der Waals surface area contributed by atoms with Crippen molar-refractivity contribution in [2.45, 2.75) is 0 Å². The van der Waals surface area contributed by atoms with Crippen LogP contribution in [0.1, 0.15) is 15.9 Å². The summed E-state index contributed by atoms with van der Waals surface area (Å²) in [4.78, 5) is 11.7. The molecule has 1 N–H and O–H groups in total. The Balaban J connectivity index is 2.01. The van der Waals surface area contributed by atoms with Gasteiger partial charge in [0.15, 0.2) is 0 Å². The minimum atomic E-state index is -0.319. The zero-order valence-corrected chi connectivity index (χ0v) is 11.3. The van der Waals surface area contributed by atoms with Crippen LogP contribution in [-0.2, 0) is 0 Å². The SMILES string of the molecule is O=C(N/N=C/c1cccc(Cl)c1)c1cccc(Cl)c1.